The molecule has 0 saturated carbocycles. The fraction of sp³-hybridized carbons (Fsp3) is 0.522. The minimum Gasteiger partial charge on any atom is -0.486 e. The molecule has 2 aromatic rings. The number of rotatable bonds is 3. The van der Waals surface area contributed by atoms with Gasteiger partial charge < -0.3 is 14.4 Å². The molecule has 1 amide bonds. The van der Waals surface area contributed by atoms with E-state index in [0.717, 1.165) is 24.1 Å². The smallest absolute Gasteiger partial charge is 0.410 e. The number of carbonyl (C=O) groups excluding carboxylic acids is 1. The van der Waals surface area contributed by atoms with Crippen LogP contribution in [-0.2, 0) is 21.0 Å². The molecule has 2 aliphatic rings. The molecule has 1 saturated heterocycles. The summed E-state index contributed by atoms with van der Waals surface area (Å²) in [6.45, 7) is 6.92. The van der Waals surface area contributed by atoms with Crippen LogP contribution in [0.4, 0.5) is 4.79 Å². The number of hydrogen-bond acceptors (Lipinski definition) is 7. The van der Waals surface area contributed by atoms with E-state index in [1.807, 2.05) is 20.8 Å². The number of hydrogen-bond donors (Lipinski definition) is 0. The van der Waals surface area contributed by atoms with Crippen LogP contribution in [0.5, 0.6) is 5.75 Å². The van der Waals surface area contributed by atoms with E-state index < -0.39 is 15.4 Å². The van der Waals surface area contributed by atoms with Gasteiger partial charge in [0.15, 0.2) is 21.4 Å². The zero-order valence-corrected chi connectivity index (χ0v) is 19.7. The molecular weight excluding hydrogens is 430 g/mol. The van der Waals surface area contributed by atoms with Crippen LogP contribution < -0.4 is 4.74 Å². The molecule has 1 atom stereocenters. The van der Waals surface area contributed by atoms with Gasteiger partial charge in [-0.3, -0.25) is 0 Å². The molecule has 0 aliphatic carbocycles. The third kappa shape index (κ3) is 5.03. The van der Waals surface area contributed by atoms with Gasteiger partial charge in [-0.25, -0.2) is 23.2 Å². The highest BCUT2D eigenvalue weighted by Gasteiger charge is 2.36. The summed E-state index contributed by atoms with van der Waals surface area (Å²) in [7, 11) is -3.24. The van der Waals surface area contributed by atoms with Crippen LogP contribution in [0.3, 0.4) is 0 Å². The molecule has 8 nitrogen and oxygen atoms in total. The van der Waals surface area contributed by atoms with Crippen molar-refractivity contribution in [2.24, 2.45) is 5.92 Å². The summed E-state index contributed by atoms with van der Waals surface area (Å²) < 4.78 is 34.9. The molecular formula is C23H29N3O5S. The number of ether oxygens (including phenoxy) is 2. The predicted octanol–water partition coefficient (Wildman–Crippen LogP) is 3.50. The summed E-state index contributed by atoms with van der Waals surface area (Å²) in [6.07, 6.45) is 5.04. The predicted molar refractivity (Wildman–Crippen MR) is 119 cm³/mol. The van der Waals surface area contributed by atoms with Crippen LogP contribution in [-0.4, -0.2) is 60.4 Å². The SMILES string of the molecule is CC(C)(C)OC(=O)N1CCC([C@@H]2Cc3nc(-c4ccc(S(C)(=O)=O)cc4)ncc3O2)CC1. The number of carbonyl (C=O) groups is 1. The molecule has 3 heterocycles. The maximum absolute atomic E-state index is 12.3. The average Bonchev–Trinajstić information content (AvgIpc) is 3.15. The van der Waals surface area contributed by atoms with E-state index in [9.17, 15) is 13.2 Å². The molecule has 1 aromatic carbocycles. The molecule has 1 fully saturated rings. The summed E-state index contributed by atoms with van der Waals surface area (Å²) in [4.78, 5) is 23.4. The van der Waals surface area contributed by atoms with Crippen molar-refractivity contribution in [2.75, 3.05) is 19.3 Å². The quantitative estimate of drug-likeness (QED) is 0.693. The second-order valence-corrected chi connectivity index (χ2v) is 11.5. The summed E-state index contributed by atoms with van der Waals surface area (Å²) in [5, 5.41) is 0. The van der Waals surface area contributed by atoms with Crippen molar-refractivity contribution in [1.29, 1.82) is 0 Å². The Kier molecular flexibility index (Phi) is 5.87. The summed E-state index contributed by atoms with van der Waals surface area (Å²) in [5.74, 6) is 1.58. The van der Waals surface area contributed by atoms with E-state index in [0.29, 0.717) is 37.0 Å². The van der Waals surface area contributed by atoms with Crippen molar-refractivity contribution in [3.8, 4) is 17.1 Å². The minimum atomic E-state index is -3.24. The van der Waals surface area contributed by atoms with Crippen LogP contribution in [0.25, 0.3) is 11.4 Å². The van der Waals surface area contributed by atoms with Crippen molar-refractivity contribution < 1.29 is 22.7 Å². The Balaban J connectivity index is 1.38. The number of fused-ring (bicyclic) bond motifs is 1. The lowest BCUT2D eigenvalue weighted by Crippen LogP contribution is -2.44. The lowest BCUT2D eigenvalue weighted by molar-refractivity contribution is 0.0123. The number of likely N-dealkylation sites (tertiary alicyclic amines) is 1. The van der Waals surface area contributed by atoms with E-state index >= 15 is 0 Å². The Hall–Kier alpha value is -2.68. The molecule has 0 radical (unpaired) electrons. The van der Waals surface area contributed by atoms with Crippen molar-refractivity contribution in [1.82, 2.24) is 14.9 Å². The average molecular weight is 460 g/mol. The van der Waals surface area contributed by atoms with Crippen LogP contribution >= 0.6 is 0 Å². The Bertz CT molecular complexity index is 1100. The third-order valence-electron chi connectivity index (χ3n) is 5.76. The van der Waals surface area contributed by atoms with Gasteiger partial charge in [-0.2, -0.15) is 0 Å². The molecule has 9 heteroatoms. The van der Waals surface area contributed by atoms with Crippen LogP contribution in [0, 0.1) is 5.92 Å². The number of amides is 1. The van der Waals surface area contributed by atoms with Gasteiger partial charge in [0.05, 0.1) is 16.8 Å². The van der Waals surface area contributed by atoms with Crippen LogP contribution in [0.2, 0.25) is 0 Å². The highest BCUT2D eigenvalue weighted by molar-refractivity contribution is 7.90. The monoisotopic (exact) mass is 459 g/mol. The molecule has 0 N–H and O–H groups in total. The number of aromatic nitrogens is 2. The van der Waals surface area contributed by atoms with E-state index in [2.05, 4.69) is 9.97 Å². The van der Waals surface area contributed by atoms with E-state index in [1.165, 1.54) is 6.26 Å². The highest BCUT2D eigenvalue weighted by Crippen LogP contribution is 2.35. The zero-order chi connectivity index (χ0) is 23.1. The topological polar surface area (TPSA) is 98.7 Å². The van der Waals surface area contributed by atoms with Gasteiger partial charge in [-0.15, -0.1) is 0 Å². The lowest BCUT2D eigenvalue weighted by atomic mass is 9.90. The number of benzene rings is 1. The first-order valence-electron chi connectivity index (χ1n) is 10.8. The highest BCUT2D eigenvalue weighted by atomic mass is 32.2. The molecule has 4 rings (SSSR count). The second kappa shape index (κ2) is 8.35. The van der Waals surface area contributed by atoms with Gasteiger partial charge in [-0.05, 0) is 63.8 Å². The van der Waals surface area contributed by atoms with Crippen molar-refractivity contribution in [2.45, 2.75) is 56.6 Å². The van der Waals surface area contributed by atoms with E-state index in [4.69, 9.17) is 9.47 Å². The first kappa shape index (κ1) is 22.5. The fourth-order valence-electron chi connectivity index (χ4n) is 4.08. The summed E-state index contributed by atoms with van der Waals surface area (Å²) in [5.41, 5.74) is 1.13. The molecule has 0 unspecified atom stereocenters. The van der Waals surface area contributed by atoms with Crippen molar-refractivity contribution in [3.63, 3.8) is 0 Å². The zero-order valence-electron chi connectivity index (χ0n) is 18.9. The Morgan fingerprint density at radius 3 is 2.41 bits per heavy atom. The maximum atomic E-state index is 12.3. The van der Waals surface area contributed by atoms with Crippen LogP contribution in [0.1, 0.15) is 39.3 Å². The Morgan fingerprint density at radius 1 is 1.16 bits per heavy atom. The van der Waals surface area contributed by atoms with Crippen molar-refractivity contribution in [3.05, 3.63) is 36.2 Å². The largest absolute Gasteiger partial charge is 0.486 e. The van der Waals surface area contributed by atoms with Gasteiger partial charge in [0.2, 0.25) is 0 Å². The maximum Gasteiger partial charge on any atom is 0.410 e. The van der Waals surface area contributed by atoms with Gasteiger partial charge >= 0.3 is 6.09 Å². The van der Waals surface area contributed by atoms with Gasteiger partial charge in [0.1, 0.15) is 11.7 Å². The summed E-state index contributed by atoms with van der Waals surface area (Å²) >= 11 is 0. The van der Waals surface area contributed by atoms with Gasteiger partial charge in [0.25, 0.3) is 0 Å². The van der Waals surface area contributed by atoms with Crippen LogP contribution in [0.15, 0.2) is 35.4 Å². The first-order valence-corrected chi connectivity index (χ1v) is 12.7. The fourth-order valence-corrected chi connectivity index (χ4v) is 4.71. The molecule has 0 bridgehead atoms. The Morgan fingerprint density at radius 2 is 1.81 bits per heavy atom. The first-order chi connectivity index (χ1) is 15.0. The van der Waals surface area contributed by atoms with Gasteiger partial charge in [0, 0.05) is 31.3 Å². The molecule has 0 spiro atoms. The Labute approximate surface area is 188 Å². The second-order valence-electron chi connectivity index (χ2n) is 9.47. The molecule has 172 valence electrons. The molecule has 1 aromatic heterocycles. The number of nitrogens with zero attached hydrogens (tertiary/aromatic N) is 3. The van der Waals surface area contributed by atoms with Crippen molar-refractivity contribution >= 4 is 15.9 Å². The third-order valence-corrected chi connectivity index (χ3v) is 6.89. The summed E-state index contributed by atoms with van der Waals surface area (Å²) in [6, 6.07) is 6.58. The lowest BCUT2D eigenvalue weighted by Gasteiger charge is -2.35. The normalized spacial score (nSPS) is 19.4. The minimum absolute atomic E-state index is 0.0166. The van der Waals surface area contributed by atoms with Gasteiger partial charge in [-0.1, -0.05) is 0 Å². The van der Waals surface area contributed by atoms with E-state index in [-0.39, 0.29) is 17.1 Å². The molecule has 32 heavy (non-hydrogen) atoms. The standard InChI is InChI=1S/C23H29N3O5S/c1-23(2,3)31-22(27)26-11-9-15(10-12-26)19-13-18-20(30-19)14-24-21(25-18)16-5-7-17(8-6-16)32(4,28)29/h5-8,14-15,19H,9-13H2,1-4H3/t19-/m0/s1. The van der Waals surface area contributed by atoms with E-state index in [1.54, 1.807) is 35.4 Å². The number of piperidine rings is 1. The molecule has 2 aliphatic heterocycles. The number of sulfone groups is 1.